The summed E-state index contributed by atoms with van der Waals surface area (Å²) < 4.78 is 13.9. The van der Waals surface area contributed by atoms with Gasteiger partial charge in [0.25, 0.3) is 0 Å². The molecule has 3 rings (SSSR count). The van der Waals surface area contributed by atoms with Gasteiger partial charge in [-0.3, -0.25) is 9.59 Å². The molecule has 2 amide bonds. The van der Waals surface area contributed by atoms with Gasteiger partial charge >= 0.3 is 0 Å². The Morgan fingerprint density at radius 3 is 2.75 bits per heavy atom. The van der Waals surface area contributed by atoms with Gasteiger partial charge in [0.05, 0.1) is 22.3 Å². The van der Waals surface area contributed by atoms with E-state index in [1.165, 1.54) is 17.0 Å². The number of amides is 2. The molecule has 6 heteroatoms. The Hall–Kier alpha value is -2.40. The standard InChI is InChI=1S/C18H16ClFN2O2/c1-11-6-7-15(13(19)8-11)21-18(24)12-9-17(23)22(10-12)16-5-3-2-4-14(16)20/h2-8,12H,9-10H2,1H3,(H,21,24)/t12-/m1/s1. The Balaban J connectivity index is 1.73. The molecule has 1 saturated heterocycles. The van der Waals surface area contributed by atoms with Crippen molar-refractivity contribution in [2.75, 3.05) is 16.8 Å². The lowest BCUT2D eigenvalue weighted by Gasteiger charge is -2.17. The minimum absolute atomic E-state index is 0.0453. The second-order valence-corrected chi connectivity index (χ2v) is 6.24. The van der Waals surface area contributed by atoms with Gasteiger partial charge in [-0.15, -0.1) is 0 Å². The molecule has 2 aromatic rings. The lowest BCUT2D eigenvalue weighted by molar-refractivity contribution is -0.122. The molecule has 0 saturated carbocycles. The van der Waals surface area contributed by atoms with Crippen LogP contribution < -0.4 is 10.2 Å². The number of nitrogens with zero attached hydrogens (tertiary/aromatic N) is 1. The van der Waals surface area contributed by atoms with Crippen LogP contribution in [0, 0.1) is 18.7 Å². The van der Waals surface area contributed by atoms with Crippen LogP contribution in [-0.2, 0) is 9.59 Å². The fourth-order valence-electron chi connectivity index (χ4n) is 2.74. The molecule has 1 aliphatic rings. The highest BCUT2D eigenvalue weighted by Gasteiger charge is 2.36. The smallest absolute Gasteiger partial charge is 0.229 e. The van der Waals surface area contributed by atoms with Crippen molar-refractivity contribution < 1.29 is 14.0 Å². The van der Waals surface area contributed by atoms with Crippen LogP contribution in [0.3, 0.4) is 0 Å². The number of hydrogen-bond acceptors (Lipinski definition) is 2. The molecule has 124 valence electrons. The van der Waals surface area contributed by atoms with Crippen LogP contribution in [0.5, 0.6) is 0 Å². The lowest BCUT2D eigenvalue weighted by Crippen LogP contribution is -2.28. The van der Waals surface area contributed by atoms with Crippen molar-refractivity contribution in [3.05, 3.63) is 58.9 Å². The van der Waals surface area contributed by atoms with Crippen LogP contribution in [0.1, 0.15) is 12.0 Å². The molecule has 0 radical (unpaired) electrons. The molecule has 0 spiro atoms. The molecule has 0 unspecified atom stereocenters. The van der Waals surface area contributed by atoms with Crippen molar-refractivity contribution in [3.8, 4) is 0 Å². The molecule has 1 heterocycles. The number of benzene rings is 2. The van der Waals surface area contributed by atoms with E-state index in [9.17, 15) is 14.0 Å². The quantitative estimate of drug-likeness (QED) is 0.919. The summed E-state index contributed by atoms with van der Waals surface area (Å²) in [4.78, 5) is 25.9. The number of para-hydroxylation sites is 1. The summed E-state index contributed by atoms with van der Waals surface area (Å²) in [5, 5.41) is 3.19. The highest BCUT2D eigenvalue weighted by atomic mass is 35.5. The molecule has 0 aliphatic carbocycles. The molecule has 0 bridgehead atoms. The molecule has 1 fully saturated rings. The average Bonchev–Trinajstić information content (AvgIpc) is 2.92. The van der Waals surface area contributed by atoms with E-state index in [1.54, 1.807) is 24.3 Å². The second-order valence-electron chi connectivity index (χ2n) is 5.83. The van der Waals surface area contributed by atoms with Crippen LogP contribution in [0.25, 0.3) is 0 Å². The van der Waals surface area contributed by atoms with Crippen LogP contribution >= 0.6 is 11.6 Å². The number of aryl methyl sites for hydroxylation is 1. The van der Waals surface area contributed by atoms with E-state index in [1.807, 2.05) is 13.0 Å². The second kappa shape index (κ2) is 6.61. The first-order valence-electron chi connectivity index (χ1n) is 7.57. The zero-order valence-electron chi connectivity index (χ0n) is 13.1. The topological polar surface area (TPSA) is 49.4 Å². The van der Waals surface area contributed by atoms with Crippen molar-refractivity contribution in [2.24, 2.45) is 5.92 Å². The van der Waals surface area contributed by atoms with E-state index >= 15 is 0 Å². The monoisotopic (exact) mass is 346 g/mol. The first-order chi connectivity index (χ1) is 11.5. The molecular formula is C18H16ClFN2O2. The highest BCUT2D eigenvalue weighted by molar-refractivity contribution is 6.33. The number of halogens is 2. The number of rotatable bonds is 3. The van der Waals surface area contributed by atoms with Gasteiger partial charge in [0.1, 0.15) is 5.82 Å². The van der Waals surface area contributed by atoms with Crippen molar-refractivity contribution in [2.45, 2.75) is 13.3 Å². The predicted octanol–water partition coefficient (Wildman–Crippen LogP) is 3.78. The Morgan fingerprint density at radius 1 is 1.29 bits per heavy atom. The van der Waals surface area contributed by atoms with E-state index in [4.69, 9.17) is 11.6 Å². The molecule has 1 atom stereocenters. The largest absolute Gasteiger partial charge is 0.324 e. The summed E-state index contributed by atoms with van der Waals surface area (Å²) in [6.45, 7) is 2.05. The highest BCUT2D eigenvalue weighted by Crippen LogP contribution is 2.29. The molecule has 1 aliphatic heterocycles. The molecule has 24 heavy (non-hydrogen) atoms. The summed E-state index contributed by atoms with van der Waals surface area (Å²) in [5.74, 6) is -1.59. The maximum Gasteiger partial charge on any atom is 0.229 e. The van der Waals surface area contributed by atoms with Crippen molar-refractivity contribution in [3.63, 3.8) is 0 Å². The van der Waals surface area contributed by atoms with Crippen LogP contribution in [-0.4, -0.2) is 18.4 Å². The fraction of sp³-hybridized carbons (Fsp3) is 0.222. The lowest BCUT2D eigenvalue weighted by atomic mass is 10.1. The van der Waals surface area contributed by atoms with Gasteiger partial charge in [-0.2, -0.15) is 0 Å². The third kappa shape index (κ3) is 3.26. The van der Waals surface area contributed by atoms with Crippen LogP contribution in [0.15, 0.2) is 42.5 Å². The SMILES string of the molecule is Cc1ccc(NC(=O)[C@@H]2CC(=O)N(c3ccccc3F)C2)c(Cl)c1. The summed E-state index contributed by atoms with van der Waals surface area (Å²) >= 11 is 6.11. The third-order valence-corrected chi connectivity index (χ3v) is 4.33. The Morgan fingerprint density at radius 2 is 2.04 bits per heavy atom. The van der Waals surface area contributed by atoms with Gasteiger partial charge in [-0.25, -0.2) is 4.39 Å². The van der Waals surface area contributed by atoms with Crippen molar-refractivity contribution >= 4 is 34.8 Å². The summed E-state index contributed by atoms with van der Waals surface area (Å²) in [6.07, 6.45) is 0.0453. The van der Waals surface area contributed by atoms with Crippen molar-refractivity contribution in [1.82, 2.24) is 0 Å². The van der Waals surface area contributed by atoms with Crippen LogP contribution in [0.2, 0.25) is 5.02 Å². The normalized spacial score (nSPS) is 17.2. The van der Waals surface area contributed by atoms with Gasteiger partial charge < -0.3 is 10.2 Å². The molecule has 4 nitrogen and oxygen atoms in total. The van der Waals surface area contributed by atoms with Gasteiger partial charge in [0.2, 0.25) is 11.8 Å². The van der Waals surface area contributed by atoms with E-state index in [0.717, 1.165) is 5.56 Å². The number of nitrogens with one attached hydrogen (secondary N) is 1. The van der Waals surface area contributed by atoms with Gasteiger partial charge in [0, 0.05) is 13.0 Å². The van der Waals surface area contributed by atoms with Crippen molar-refractivity contribution in [1.29, 1.82) is 0 Å². The summed E-state index contributed by atoms with van der Waals surface area (Å²) in [6, 6.07) is 11.4. The minimum Gasteiger partial charge on any atom is -0.324 e. The first-order valence-corrected chi connectivity index (χ1v) is 7.95. The zero-order chi connectivity index (χ0) is 17.3. The van der Waals surface area contributed by atoms with E-state index in [2.05, 4.69) is 5.32 Å². The van der Waals surface area contributed by atoms with Gasteiger partial charge in [0.15, 0.2) is 0 Å². The summed E-state index contributed by atoms with van der Waals surface area (Å²) in [7, 11) is 0. The molecular weight excluding hydrogens is 331 g/mol. The maximum absolute atomic E-state index is 13.9. The average molecular weight is 347 g/mol. The predicted molar refractivity (Wildman–Crippen MR) is 91.7 cm³/mol. The number of carbonyl (C=O) groups excluding carboxylic acids is 2. The summed E-state index contributed by atoms with van der Waals surface area (Å²) in [5.41, 5.74) is 1.69. The Labute approximate surface area is 144 Å². The van der Waals surface area contributed by atoms with Crippen LogP contribution in [0.4, 0.5) is 15.8 Å². The molecule has 0 aromatic heterocycles. The molecule has 1 N–H and O–H groups in total. The third-order valence-electron chi connectivity index (χ3n) is 4.02. The first kappa shape index (κ1) is 16.5. The Bertz CT molecular complexity index is 809. The number of hydrogen-bond donors (Lipinski definition) is 1. The zero-order valence-corrected chi connectivity index (χ0v) is 13.8. The number of carbonyl (C=O) groups is 2. The minimum atomic E-state index is -0.547. The fourth-order valence-corrected chi connectivity index (χ4v) is 3.03. The van der Waals surface area contributed by atoms with E-state index < -0.39 is 11.7 Å². The maximum atomic E-state index is 13.9. The van der Waals surface area contributed by atoms with Gasteiger partial charge in [-0.1, -0.05) is 29.8 Å². The molecule has 2 aromatic carbocycles. The van der Waals surface area contributed by atoms with Gasteiger partial charge in [-0.05, 0) is 36.8 Å². The number of anilines is 2. The van der Waals surface area contributed by atoms with E-state index in [-0.39, 0.29) is 30.5 Å². The van der Waals surface area contributed by atoms with E-state index in [0.29, 0.717) is 10.7 Å². The Kier molecular flexibility index (Phi) is 4.53.